The highest BCUT2D eigenvalue weighted by atomic mass is 79.9. The zero-order valence-corrected chi connectivity index (χ0v) is 16.4. The molecule has 0 heterocycles. The molecule has 2 N–H and O–H groups in total. The molecule has 2 unspecified atom stereocenters. The molecule has 0 saturated heterocycles. The highest BCUT2D eigenvalue weighted by Gasteiger charge is 2.19. The van der Waals surface area contributed by atoms with Crippen LogP contribution in [0.3, 0.4) is 0 Å². The summed E-state index contributed by atoms with van der Waals surface area (Å²) < 4.78 is 6.40. The van der Waals surface area contributed by atoms with Crippen LogP contribution < -0.4 is 10.6 Å². The van der Waals surface area contributed by atoms with Gasteiger partial charge in [0, 0.05) is 23.1 Å². The molecule has 0 aliphatic rings. The quantitative estimate of drug-likeness (QED) is 0.709. The molecule has 130 valence electrons. The SMILES string of the molecule is CCC(CNC(CC)c1cccc(Br)c1)NC(=O)OC(C)(C)C. The van der Waals surface area contributed by atoms with Crippen molar-refractivity contribution in [3.8, 4) is 0 Å². The minimum Gasteiger partial charge on any atom is -0.444 e. The molecule has 0 saturated carbocycles. The fourth-order valence-corrected chi connectivity index (χ4v) is 2.69. The predicted molar refractivity (Wildman–Crippen MR) is 98.6 cm³/mol. The van der Waals surface area contributed by atoms with Crippen LogP contribution in [0.2, 0.25) is 0 Å². The Balaban J connectivity index is 2.56. The average Bonchev–Trinajstić information content (AvgIpc) is 2.44. The third-order valence-corrected chi connectivity index (χ3v) is 3.98. The number of carbonyl (C=O) groups is 1. The van der Waals surface area contributed by atoms with Gasteiger partial charge in [-0.15, -0.1) is 0 Å². The molecule has 0 aliphatic carbocycles. The van der Waals surface area contributed by atoms with Crippen LogP contribution in [-0.2, 0) is 4.74 Å². The first-order valence-electron chi connectivity index (χ1n) is 8.23. The second kappa shape index (κ2) is 9.28. The van der Waals surface area contributed by atoms with E-state index in [4.69, 9.17) is 4.74 Å². The minimum atomic E-state index is -0.474. The van der Waals surface area contributed by atoms with Gasteiger partial charge in [-0.3, -0.25) is 0 Å². The molecule has 1 aromatic rings. The molecule has 0 aliphatic heterocycles. The number of hydrogen-bond donors (Lipinski definition) is 2. The van der Waals surface area contributed by atoms with Gasteiger partial charge in [0.25, 0.3) is 0 Å². The lowest BCUT2D eigenvalue weighted by molar-refractivity contribution is 0.0502. The van der Waals surface area contributed by atoms with Crippen molar-refractivity contribution in [2.24, 2.45) is 0 Å². The molecule has 1 aromatic carbocycles. The van der Waals surface area contributed by atoms with Gasteiger partial charge in [0.05, 0.1) is 0 Å². The number of carbonyl (C=O) groups excluding carboxylic acids is 1. The lowest BCUT2D eigenvalue weighted by Crippen LogP contribution is -2.44. The van der Waals surface area contributed by atoms with Gasteiger partial charge in [0.2, 0.25) is 0 Å². The van der Waals surface area contributed by atoms with Crippen molar-refractivity contribution in [1.82, 2.24) is 10.6 Å². The van der Waals surface area contributed by atoms with Crippen LogP contribution in [0, 0.1) is 0 Å². The van der Waals surface area contributed by atoms with Crippen molar-refractivity contribution < 1.29 is 9.53 Å². The van der Waals surface area contributed by atoms with Crippen LogP contribution in [-0.4, -0.2) is 24.3 Å². The summed E-state index contributed by atoms with van der Waals surface area (Å²) >= 11 is 3.51. The third-order valence-electron chi connectivity index (χ3n) is 3.48. The summed E-state index contributed by atoms with van der Waals surface area (Å²) in [5.41, 5.74) is 0.770. The van der Waals surface area contributed by atoms with Crippen LogP contribution in [0.1, 0.15) is 59.1 Å². The van der Waals surface area contributed by atoms with E-state index in [1.54, 1.807) is 0 Å². The van der Waals surface area contributed by atoms with E-state index in [1.165, 1.54) is 5.56 Å². The maximum atomic E-state index is 11.9. The summed E-state index contributed by atoms with van der Waals surface area (Å²) in [7, 11) is 0. The summed E-state index contributed by atoms with van der Waals surface area (Å²) in [4.78, 5) is 11.9. The van der Waals surface area contributed by atoms with Gasteiger partial charge in [-0.1, -0.05) is 41.9 Å². The summed E-state index contributed by atoms with van der Waals surface area (Å²) in [6, 6.07) is 8.63. The molecule has 0 radical (unpaired) electrons. The zero-order chi connectivity index (χ0) is 17.5. The minimum absolute atomic E-state index is 0.0473. The first-order chi connectivity index (χ1) is 10.7. The monoisotopic (exact) mass is 384 g/mol. The zero-order valence-electron chi connectivity index (χ0n) is 14.8. The van der Waals surface area contributed by atoms with E-state index in [9.17, 15) is 4.79 Å². The second-order valence-electron chi connectivity index (χ2n) is 6.68. The summed E-state index contributed by atoms with van der Waals surface area (Å²) in [6.45, 7) is 10.5. The average molecular weight is 385 g/mol. The molecule has 0 aromatic heterocycles. The Morgan fingerprint density at radius 1 is 1.26 bits per heavy atom. The topological polar surface area (TPSA) is 50.4 Å². The van der Waals surface area contributed by atoms with Crippen molar-refractivity contribution in [3.63, 3.8) is 0 Å². The highest BCUT2D eigenvalue weighted by Crippen LogP contribution is 2.20. The van der Waals surface area contributed by atoms with Crippen LogP contribution >= 0.6 is 15.9 Å². The van der Waals surface area contributed by atoms with Gasteiger partial charge in [0.15, 0.2) is 0 Å². The lowest BCUT2D eigenvalue weighted by Gasteiger charge is -2.25. The number of benzene rings is 1. The first kappa shape index (κ1) is 20.0. The van der Waals surface area contributed by atoms with Crippen LogP contribution in [0.25, 0.3) is 0 Å². The Morgan fingerprint density at radius 2 is 1.96 bits per heavy atom. The second-order valence-corrected chi connectivity index (χ2v) is 7.59. The van der Waals surface area contributed by atoms with Gasteiger partial charge >= 0.3 is 6.09 Å². The number of nitrogens with one attached hydrogen (secondary N) is 2. The Labute approximate surface area is 148 Å². The van der Waals surface area contributed by atoms with Crippen LogP contribution in [0.15, 0.2) is 28.7 Å². The molecule has 0 spiro atoms. The molecule has 2 atom stereocenters. The molecule has 5 heteroatoms. The normalized spacial score (nSPS) is 14.2. The molecular formula is C18H29BrN2O2. The molecule has 0 fully saturated rings. The Bertz CT molecular complexity index is 500. The van der Waals surface area contributed by atoms with Crippen molar-refractivity contribution in [2.75, 3.05) is 6.54 Å². The van der Waals surface area contributed by atoms with Crippen LogP contribution in [0.4, 0.5) is 4.79 Å². The van der Waals surface area contributed by atoms with Crippen molar-refractivity contribution >= 4 is 22.0 Å². The van der Waals surface area contributed by atoms with E-state index in [2.05, 4.69) is 52.5 Å². The number of rotatable bonds is 7. The number of hydrogen-bond acceptors (Lipinski definition) is 3. The predicted octanol–water partition coefficient (Wildman–Crippen LogP) is 4.79. The Morgan fingerprint density at radius 3 is 2.48 bits per heavy atom. The van der Waals surface area contributed by atoms with E-state index in [0.717, 1.165) is 17.3 Å². The molecule has 4 nitrogen and oxygen atoms in total. The van der Waals surface area contributed by atoms with Gasteiger partial charge < -0.3 is 15.4 Å². The molecule has 1 amide bonds. The smallest absolute Gasteiger partial charge is 0.407 e. The van der Waals surface area contributed by atoms with Gasteiger partial charge in [0.1, 0.15) is 5.60 Å². The summed E-state index contributed by atoms with van der Waals surface area (Å²) in [5, 5.41) is 6.47. The number of alkyl carbamates (subject to hydrolysis) is 1. The number of halogens is 1. The van der Waals surface area contributed by atoms with E-state index < -0.39 is 5.60 Å². The van der Waals surface area contributed by atoms with E-state index in [0.29, 0.717) is 6.54 Å². The van der Waals surface area contributed by atoms with Crippen LogP contribution in [0.5, 0.6) is 0 Å². The van der Waals surface area contributed by atoms with Crippen molar-refractivity contribution in [1.29, 1.82) is 0 Å². The summed E-state index contributed by atoms with van der Waals surface area (Å²) in [6.07, 6.45) is 1.47. The molecule has 1 rings (SSSR count). The first-order valence-corrected chi connectivity index (χ1v) is 9.02. The van der Waals surface area contributed by atoms with E-state index in [-0.39, 0.29) is 18.2 Å². The third kappa shape index (κ3) is 7.84. The highest BCUT2D eigenvalue weighted by molar-refractivity contribution is 9.10. The largest absolute Gasteiger partial charge is 0.444 e. The number of ether oxygens (including phenoxy) is 1. The maximum Gasteiger partial charge on any atom is 0.407 e. The molecule has 0 bridgehead atoms. The Kier molecular flexibility index (Phi) is 8.06. The number of amides is 1. The fraction of sp³-hybridized carbons (Fsp3) is 0.611. The molecular weight excluding hydrogens is 356 g/mol. The fourth-order valence-electron chi connectivity index (χ4n) is 2.28. The van der Waals surface area contributed by atoms with Gasteiger partial charge in [-0.25, -0.2) is 4.79 Å². The van der Waals surface area contributed by atoms with Gasteiger partial charge in [-0.05, 0) is 51.3 Å². The lowest BCUT2D eigenvalue weighted by atomic mass is 10.0. The standard InChI is InChI=1S/C18H29BrN2O2/c1-6-15(21-17(22)23-18(3,4)5)12-20-16(7-2)13-9-8-10-14(19)11-13/h8-11,15-16,20H,6-7,12H2,1-5H3,(H,21,22). The van der Waals surface area contributed by atoms with Crippen molar-refractivity contribution in [2.45, 2.75) is 65.1 Å². The van der Waals surface area contributed by atoms with Crippen molar-refractivity contribution in [3.05, 3.63) is 34.3 Å². The summed E-state index contributed by atoms with van der Waals surface area (Å²) in [5.74, 6) is 0. The van der Waals surface area contributed by atoms with E-state index >= 15 is 0 Å². The van der Waals surface area contributed by atoms with E-state index in [1.807, 2.05) is 32.9 Å². The Hall–Kier alpha value is -1.07. The molecule has 23 heavy (non-hydrogen) atoms. The van der Waals surface area contributed by atoms with Gasteiger partial charge in [-0.2, -0.15) is 0 Å². The maximum absolute atomic E-state index is 11.9.